The molecule has 2 aliphatic rings. The highest BCUT2D eigenvalue weighted by Gasteiger charge is 2.34. The van der Waals surface area contributed by atoms with E-state index in [1.54, 1.807) is 0 Å². The van der Waals surface area contributed by atoms with E-state index in [-0.39, 0.29) is 18.3 Å². The van der Waals surface area contributed by atoms with Gasteiger partial charge in [-0.05, 0) is 63.7 Å². The van der Waals surface area contributed by atoms with E-state index in [2.05, 4.69) is 42.3 Å². The first-order chi connectivity index (χ1) is 10.2. The van der Waals surface area contributed by atoms with Crippen LogP contribution in [0.3, 0.4) is 0 Å². The van der Waals surface area contributed by atoms with Gasteiger partial charge in [0.25, 0.3) is 0 Å². The Kier molecular flexibility index (Phi) is 5.87. The Balaban J connectivity index is 0.00000176. The maximum absolute atomic E-state index is 12.9. The minimum absolute atomic E-state index is 0. The molecule has 3 nitrogen and oxygen atoms in total. The lowest BCUT2D eigenvalue weighted by Gasteiger charge is -2.32. The Labute approximate surface area is 139 Å². The van der Waals surface area contributed by atoms with Crippen molar-refractivity contribution in [2.45, 2.75) is 45.6 Å². The molecule has 1 atom stereocenters. The highest BCUT2D eigenvalue weighted by Crippen LogP contribution is 2.36. The molecule has 2 heterocycles. The molecule has 0 aromatic heterocycles. The highest BCUT2D eigenvalue weighted by atomic mass is 35.5. The van der Waals surface area contributed by atoms with Crippen molar-refractivity contribution < 1.29 is 4.79 Å². The summed E-state index contributed by atoms with van der Waals surface area (Å²) in [5.74, 6) is 0.622. The van der Waals surface area contributed by atoms with Gasteiger partial charge in [0, 0.05) is 12.5 Å². The lowest BCUT2D eigenvalue weighted by Crippen LogP contribution is -2.40. The standard InChI is InChI=1S/C18H26N2O.ClH/c1-13-5-6-14(2)16(12-13)17-4-3-11-20(17)18(21)15-7-9-19-10-8-15;/h5-6,12,15,17,19H,3-4,7-11H2,1-2H3;1H. The molecule has 1 N–H and O–H groups in total. The van der Waals surface area contributed by atoms with Crippen molar-refractivity contribution in [3.8, 4) is 0 Å². The molecule has 0 saturated carbocycles. The third-order valence-corrected chi connectivity index (χ3v) is 5.02. The summed E-state index contributed by atoms with van der Waals surface area (Å²) in [4.78, 5) is 15.0. The van der Waals surface area contributed by atoms with Gasteiger partial charge in [-0.3, -0.25) is 4.79 Å². The van der Waals surface area contributed by atoms with Gasteiger partial charge in [-0.15, -0.1) is 12.4 Å². The number of likely N-dealkylation sites (tertiary alicyclic amines) is 1. The summed E-state index contributed by atoms with van der Waals surface area (Å²) in [6, 6.07) is 6.92. The molecule has 1 aromatic rings. The molecule has 4 heteroatoms. The summed E-state index contributed by atoms with van der Waals surface area (Å²) in [5, 5.41) is 3.35. The van der Waals surface area contributed by atoms with Crippen LogP contribution in [0, 0.1) is 19.8 Å². The van der Waals surface area contributed by atoms with Gasteiger partial charge in [0.05, 0.1) is 6.04 Å². The summed E-state index contributed by atoms with van der Waals surface area (Å²) in [6.07, 6.45) is 4.24. The van der Waals surface area contributed by atoms with E-state index in [0.29, 0.717) is 11.9 Å². The van der Waals surface area contributed by atoms with Crippen LogP contribution in [0.25, 0.3) is 0 Å². The zero-order chi connectivity index (χ0) is 14.8. The van der Waals surface area contributed by atoms with Crippen LogP contribution in [0.5, 0.6) is 0 Å². The zero-order valence-corrected chi connectivity index (χ0v) is 14.4. The third kappa shape index (κ3) is 3.47. The Morgan fingerprint density at radius 2 is 1.91 bits per heavy atom. The number of rotatable bonds is 2. The van der Waals surface area contributed by atoms with Gasteiger partial charge in [-0.2, -0.15) is 0 Å². The number of nitrogens with zero attached hydrogens (tertiary/aromatic N) is 1. The van der Waals surface area contributed by atoms with Crippen LogP contribution < -0.4 is 5.32 Å². The summed E-state index contributed by atoms with van der Waals surface area (Å²) in [5.41, 5.74) is 3.96. The molecule has 1 aromatic carbocycles. The Bertz CT molecular complexity index is 526. The van der Waals surface area contributed by atoms with Crippen LogP contribution in [0.15, 0.2) is 18.2 Å². The van der Waals surface area contributed by atoms with Crippen molar-refractivity contribution in [3.63, 3.8) is 0 Å². The van der Waals surface area contributed by atoms with E-state index >= 15 is 0 Å². The van der Waals surface area contributed by atoms with Gasteiger partial charge in [-0.1, -0.05) is 23.8 Å². The smallest absolute Gasteiger partial charge is 0.226 e. The predicted octanol–water partition coefficient (Wildman–Crippen LogP) is 3.39. The van der Waals surface area contributed by atoms with Crippen molar-refractivity contribution in [1.82, 2.24) is 10.2 Å². The van der Waals surface area contributed by atoms with Crippen molar-refractivity contribution in [2.24, 2.45) is 5.92 Å². The highest BCUT2D eigenvalue weighted by molar-refractivity contribution is 5.85. The number of hydrogen-bond acceptors (Lipinski definition) is 2. The molecule has 122 valence electrons. The number of aryl methyl sites for hydroxylation is 2. The number of amides is 1. The zero-order valence-electron chi connectivity index (χ0n) is 13.6. The van der Waals surface area contributed by atoms with Gasteiger partial charge >= 0.3 is 0 Å². The van der Waals surface area contributed by atoms with Gasteiger partial charge in [0.1, 0.15) is 0 Å². The molecule has 0 bridgehead atoms. The average Bonchev–Trinajstić information content (AvgIpc) is 2.99. The largest absolute Gasteiger partial charge is 0.335 e. The van der Waals surface area contributed by atoms with E-state index in [9.17, 15) is 4.79 Å². The van der Waals surface area contributed by atoms with Crippen LogP contribution in [0.4, 0.5) is 0 Å². The number of hydrogen-bond donors (Lipinski definition) is 1. The fourth-order valence-electron chi connectivity index (χ4n) is 3.78. The topological polar surface area (TPSA) is 32.3 Å². The normalized spacial score (nSPS) is 22.5. The van der Waals surface area contributed by atoms with Gasteiger partial charge < -0.3 is 10.2 Å². The van der Waals surface area contributed by atoms with Crippen LogP contribution in [0.2, 0.25) is 0 Å². The molecule has 1 amide bonds. The summed E-state index contributed by atoms with van der Waals surface area (Å²) in [6.45, 7) is 7.20. The molecule has 0 aliphatic carbocycles. The SMILES string of the molecule is Cc1ccc(C)c(C2CCCN2C(=O)C2CCNCC2)c1.Cl. The molecule has 1 unspecified atom stereocenters. The van der Waals surface area contributed by atoms with Gasteiger partial charge in [0.2, 0.25) is 5.91 Å². The van der Waals surface area contributed by atoms with Crippen LogP contribution in [0.1, 0.15) is 48.4 Å². The molecule has 0 spiro atoms. The fraction of sp³-hybridized carbons (Fsp3) is 0.611. The monoisotopic (exact) mass is 322 g/mol. The molecule has 2 aliphatic heterocycles. The lowest BCUT2D eigenvalue weighted by atomic mass is 9.93. The van der Waals surface area contributed by atoms with Gasteiger partial charge in [0.15, 0.2) is 0 Å². The number of piperidine rings is 1. The molecule has 3 rings (SSSR count). The minimum atomic E-state index is 0. The second-order valence-electron chi connectivity index (χ2n) is 6.57. The van der Waals surface area contributed by atoms with E-state index in [1.807, 2.05) is 0 Å². The number of benzene rings is 1. The molecule has 2 fully saturated rings. The summed E-state index contributed by atoms with van der Waals surface area (Å²) in [7, 11) is 0. The molecular formula is C18H27ClN2O. The molecule has 0 radical (unpaired) electrons. The number of carbonyl (C=O) groups excluding carboxylic acids is 1. The average molecular weight is 323 g/mol. The van der Waals surface area contributed by atoms with E-state index in [0.717, 1.165) is 45.3 Å². The summed E-state index contributed by atoms with van der Waals surface area (Å²) >= 11 is 0. The van der Waals surface area contributed by atoms with E-state index < -0.39 is 0 Å². The number of carbonyl (C=O) groups is 1. The predicted molar refractivity (Wildman–Crippen MR) is 92.4 cm³/mol. The second kappa shape index (κ2) is 7.47. The Morgan fingerprint density at radius 1 is 1.18 bits per heavy atom. The lowest BCUT2D eigenvalue weighted by molar-refractivity contribution is -0.137. The quantitative estimate of drug-likeness (QED) is 0.905. The minimum Gasteiger partial charge on any atom is -0.335 e. The molecular weight excluding hydrogens is 296 g/mol. The van der Waals surface area contributed by atoms with Crippen molar-refractivity contribution in [2.75, 3.05) is 19.6 Å². The summed E-state index contributed by atoms with van der Waals surface area (Å²) < 4.78 is 0. The van der Waals surface area contributed by atoms with Crippen molar-refractivity contribution in [3.05, 3.63) is 34.9 Å². The fourth-order valence-corrected chi connectivity index (χ4v) is 3.78. The van der Waals surface area contributed by atoms with Crippen molar-refractivity contribution >= 4 is 18.3 Å². The third-order valence-electron chi connectivity index (χ3n) is 5.02. The van der Waals surface area contributed by atoms with Crippen LogP contribution in [-0.2, 0) is 4.79 Å². The first-order valence-corrected chi connectivity index (χ1v) is 8.25. The second-order valence-corrected chi connectivity index (χ2v) is 6.57. The molecule has 22 heavy (non-hydrogen) atoms. The molecule has 2 saturated heterocycles. The van der Waals surface area contributed by atoms with Crippen LogP contribution in [-0.4, -0.2) is 30.4 Å². The number of nitrogens with one attached hydrogen (secondary N) is 1. The van der Waals surface area contributed by atoms with Crippen LogP contribution >= 0.6 is 12.4 Å². The maximum atomic E-state index is 12.9. The first-order valence-electron chi connectivity index (χ1n) is 8.25. The van der Waals surface area contributed by atoms with E-state index in [4.69, 9.17) is 0 Å². The van der Waals surface area contributed by atoms with Gasteiger partial charge in [-0.25, -0.2) is 0 Å². The number of halogens is 1. The first kappa shape index (κ1) is 17.3. The van der Waals surface area contributed by atoms with Crippen molar-refractivity contribution in [1.29, 1.82) is 0 Å². The Morgan fingerprint density at radius 3 is 2.64 bits per heavy atom. The maximum Gasteiger partial charge on any atom is 0.226 e. The van der Waals surface area contributed by atoms with E-state index in [1.165, 1.54) is 16.7 Å². The Hall–Kier alpha value is -1.06.